The largest absolute Gasteiger partial charge is 0.454 e. The lowest BCUT2D eigenvalue weighted by atomic mass is 9.77. The highest BCUT2D eigenvalue weighted by Gasteiger charge is 2.54. The van der Waals surface area contributed by atoms with Crippen LogP contribution in [0.5, 0.6) is 0 Å². The van der Waals surface area contributed by atoms with Gasteiger partial charge in [0.1, 0.15) is 18.2 Å². The Bertz CT molecular complexity index is 1530. The van der Waals surface area contributed by atoms with Crippen molar-refractivity contribution >= 4 is 23.7 Å². The normalized spacial score (nSPS) is 43.9. The van der Waals surface area contributed by atoms with Crippen molar-refractivity contribution < 1.29 is 53.0 Å². The molecule has 0 spiro atoms. The number of ether oxygens (including phenoxy) is 6. The van der Waals surface area contributed by atoms with Crippen molar-refractivity contribution in [1.82, 2.24) is 20.0 Å². The Balaban J connectivity index is 1.61. The molecule has 0 radical (unpaired) electrons. The van der Waals surface area contributed by atoms with E-state index in [1.54, 1.807) is 44.5 Å². The Morgan fingerprint density at radius 1 is 1.00 bits per heavy atom. The third kappa shape index (κ3) is 10.3. The van der Waals surface area contributed by atoms with Gasteiger partial charge in [-0.1, -0.05) is 41.0 Å². The molecular formula is C44H77N5O11. The van der Waals surface area contributed by atoms with Gasteiger partial charge in [-0.2, -0.15) is 0 Å². The summed E-state index contributed by atoms with van der Waals surface area (Å²) in [5, 5.41) is 27.0. The zero-order chi connectivity index (χ0) is 44.6. The number of nitrogens with one attached hydrogen (secondary N) is 1. The van der Waals surface area contributed by atoms with E-state index in [2.05, 4.69) is 5.32 Å². The topological polar surface area (TPSA) is 181 Å². The number of aliphatic hydroxyl groups excluding tert-OH is 1. The molecule has 16 nitrogen and oxygen atoms in total. The standard InChI is InChI=1S/C44H77N5O11/c1-15-25(5)33-40(53)49-18-16-17-30(49)39(52)47(12)22-24(4)20-43(10,54)37(60-41-35-31(19-26(6)56-41)48(13)42(59-35)45-23(2)3)27(7)34(28(8)38(51)46-33)58-32-21-44(11,55-14)36(50)29(9)57-32/h23-37,41,50,54H,15-22H2,1-14H3,(H,46,51)/b45-42+/t24-,25+,26-,27+,28-,29+,30+,31+,32+,33-,34+,35-,36+,37-,41+,43-,44-/m1/s1. The van der Waals surface area contributed by atoms with Crippen LogP contribution in [0.3, 0.4) is 0 Å². The van der Waals surface area contributed by atoms with Crippen LogP contribution >= 0.6 is 0 Å². The van der Waals surface area contributed by atoms with E-state index in [1.165, 1.54) is 7.11 Å². The van der Waals surface area contributed by atoms with Crippen LogP contribution in [-0.4, -0.2) is 168 Å². The maximum atomic E-state index is 14.7. The Labute approximate surface area is 358 Å². The molecule has 5 heterocycles. The number of rotatable bonds is 8. The zero-order valence-corrected chi connectivity index (χ0v) is 38.8. The molecule has 5 fully saturated rings. The lowest BCUT2D eigenvalue weighted by Gasteiger charge is -2.48. The number of likely N-dealkylation sites (N-methyl/N-ethyl adjacent to an activating group) is 2. The SMILES string of the molecule is CC[C@H](C)[C@H]1NC(=O)[C@H](C)[C@@H](O[C@H]2C[C@@](C)(OC)[C@@H](O)[C@H](C)O2)[C@H](C)[C@@H](O[C@@H]2O[C@H](C)C[C@H]3[C@H]2O/C(=N/C(C)C)N3C)[C@](C)(O)C[C@@H](C)CN(C)C(=O)[C@@H]2CCCN2C1=O. The lowest BCUT2D eigenvalue weighted by Crippen LogP contribution is -2.61. The number of carbonyl (C=O) groups excluding carboxylic acids is 3. The number of amides is 3. The van der Waals surface area contributed by atoms with Crippen LogP contribution in [0.15, 0.2) is 4.99 Å². The van der Waals surface area contributed by atoms with E-state index in [0.29, 0.717) is 44.8 Å². The van der Waals surface area contributed by atoms with Gasteiger partial charge in [-0.15, -0.1) is 0 Å². The average Bonchev–Trinajstić information content (AvgIpc) is 3.79. The summed E-state index contributed by atoms with van der Waals surface area (Å²) >= 11 is 0. The van der Waals surface area contributed by atoms with Crippen LogP contribution in [0.4, 0.5) is 0 Å². The summed E-state index contributed by atoms with van der Waals surface area (Å²) < 4.78 is 39.1. The molecule has 0 bridgehead atoms. The number of methoxy groups -OCH3 is 1. The molecule has 5 aliphatic heterocycles. The summed E-state index contributed by atoms with van der Waals surface area (Å²) in [6.07, 6.45) is -3.39. The summed E-state index contributed by atoms with van der Waals surface area (Å²) in [4.78, 5) is 53.3. The van der Waals surface area contributed by atoms with Crippen LogP contribution in [0.1, 0.15) is 115 Å². The van der Waals surface area contributed by atoms with Crippen molar-refractivity contribution in [2.24, 2.45) is 28.7 Å². The fourth-order valence-electron chi connectivity index (χ4n) is 10.2. The van der Waals surface area contributed by atoms with Gasteiger partial charge >= 0.3 is 0 Å². The van der Waals surface area contributed by atoms with Crippen molar-refractivity contribution in [3.8, 4) is 0 Å². The Morgan fingerprint density at radius 3 is 2.32 bits per heavy atom. The monoisotopic (exact) mass is 852 g/mol. The van der Waals surface area contributed by atoms with Gasteiger partial charge in [-0.3, -0.25) is 14.4 Å². The minimum Gasteiger partial charge on any atom is -0.454 e. The first-order valence-electron chi connectivity index (χ1n) is 22.4. The average molecular weight is 852 g/mol. The highest BCUT2D eigenvalue weighted by Crippen LogP contribution is 2.41. The Kier molecular flexibility index (Phi) is 15.7. The highest BCUT2D eigenvalue weighted by atomic mass is 16.7. The maximum Gasteiger partial charge on any atom is 0.288 e. The molecule has 17 atom stereocenters. The first-order chi connectivity index (χ1) is 28.0. The number of amidine groups is 1. The van der Waals surface area contributed by atoms with Gasteiger partial charge in [0.2, 0.25) is 17.7 Å². The lowest BCUT2D eigenvalue weighted by molar-refractivity contribution is -0.313. The molecule has 5 rings (SSSR count). The van der Waals surface area contributed by atoms with Crippen molar-refractivity contribution in [1.29, 1.82) is 0 Å². The van der Waals surface area contributed by atoms with Crippen LogP contribution in [-0.2, 0) is 42.8 Å². The van der Waals surface area contributed by atoms with Gasteiger partial charge in [0.15, 0.2) is 18.7 Å². The molecule has 3 amide bonds. The number of nitrogens with zero attached hydrogens (tertiary/aromatic N) is 4. The van der Waals surface area contributed by atoms with Crippen molar-refractivity contribution in [2.45, 2.75) is 199 Å². The first-order valence-corrected chi connectivity index (χ1v) is 22.4. The van der Waals surface area contributed by atoms with Crippen LogP contribution in [0, 0.1) is 23.7 Å². The fourth-order valence-corrected chi connectivity index (χ4v) is 10.2. The highest BCUT2D eigenvalue weighted by molar-refractivity contribution is 5.93. The van der Waals surface area contributed by atoms with Crippen molar-refractivity contribution in [3.05, 3.63) is 0 Å². The summed E-state index contributed by atoms with van der Waals surface area (Å²) in [5.41, 5.74) is -2.58. The van der Waals surface area contributed by atoms with Gasteiger partial charge in [-0.05, 0) is 79.1 Å². The molecule has 0 unspecified atom stereocenters. The van der Waals surface area contributed by atoms with Gasteiger partial charge in [0.25, 0.3) is 6.02 Å². The smallest absolute Gasteiger partial charge is 0.288 e. The second kappa shape index (κ2) is 19.4. The van der Waals surface area contributed by atoms with Crippen molar-refractivity contribution in [2.75, 3.05) is 34.3 Å². The molecule has 60 heavy (non-hydrogen) atoms. The van der Waals surface area contributed by atoms with E-state index in [0.717, 1.165) is 0 Å². The number of hydrogen-bond donors (Lipinski definition) is 3. The molecule has 0 aliphatic carbocycles. The van der Waals surface area contributed by atoms with Gasteiger partial charge < -0.3 is 58.7 Å². The predicted octanol–water partition coefficient (Wildman–Crippen LogP) is 3.30. The molecule has 0 aromatic heterocycles. The molecule has 16 heteroatoms. The van der Waals surface area contributed by atoms with Gasteiger partial charge in [0, 0.05) is 52.7 Å². The number of hydrogen-bond acceptors (Lipinski definition) is 12. The molecule has 3 N–H and O–H groups in total. The Morgan fingerprint density at radius 2 is 1.68 bits per heavy atom. The number of fused-ring (bicyclic) bond motifs is 2. The molecular weight excluding hydrogens is 775 g/mol. The summed E-state index contributed by atoms with van der Waals surface area (Å²) in [6.45, 7) is 21.5. The molecule has 5 saturated heterocycles. The first kappa shape index (κ1) is 48.4. The second-order valence-corrected chi connectivity index (χ2v) is 19.5. The van der Waals surface area contributed by atoms with E-state index >= 15 is 0 Å². The third-order valence-electron chi connectivity index (χ3n) is 13.9. The van der Waals surface area contributed by atoms with E-state index in [1.807, 2.05) is 60.4 Å². The maximum absolute atomic E-state index is 14.7. The van der Waals surface area contributed by atoms with Crippen molar-refractivity contribution in [3.63, 3.8) is 0 Å². The van der Waals surface area contributed by atoms with Gasteiger partial charge in [0.05, 0.1) is 47.6 Å². The third-order valence-corrected chi connectivity index (χ3v) is 13.9. The molecule has 0 aromatic rings. The zero-order valence-electron chi connectivity index (χ0n) is 38.8. The predicted molar refractivity (Wildman–Crippen MR) is 225 cm³/mol. The van der Waals surface area contributed by atoms with E-state index < -0.39 is 84.1 Å². The minimum atomic E-state index is -1.57. The molecule has 344 valence electrons. The summed E-state index contributed by atoms with van der Waals surface area (Å²) in [5.74, 6) is -2.97. The molecule has 0 saturated carbocycles. The molecule has 0 aromatic carbocycles. The second-order valence-electron chi connectivity index (χ2n) is 19.5. The number of aliphatic hydroxyl groups is 2. The van der Waals surface area contributed by atoms with Crippen LogP contribution < -0.4 is 5.32 Å². The fraction of sp³-hybridized carbons (Fsp3) is 0.909. The van der Waals surface area contributed by atoms with Gasteiger partial charge in [-0.25, -0.2) is 4.99 Å². The number of carbonyl (C=O) groups is 3. The molecule has 5 aliphatic rings. The van der Waals surface area contributed by atoms with E-state index in [9.17, 15) is 24.6 Å². The Hall–Kier alpha value is -2.60. The summed E-state index contributed by atoms with van der Waals surface area (Å²) in [6, 6.07) is -1.18. The summed E-state index contributed by atoms with van der Waals surface area (Å²) in [7, 11) is 5.23. The quantitative estimate of drug-likeness (QED) is 0.325. The number of aliphatic imine (C=N–C) groups is 1. The van der Waals surface area contributed by atoms with E-state index in [-0.39, 0.29) is 54.7 Å². The van der Waals surface area contributed by atoms with Crippen LogP contribution in [0.2, 0.25) is 0 Å². The van der Waals surface area contributed by atoms with Crippen LogP contribution in [0.25, 0.3) is 0 Å². The minimum absolute atomic E-state index is 0.0102. The van der Waals surface area contributed by atoms with E-state index in [4.69, 9.17) is 33.4 Å².